The fourth-order valence-corrected chi connectivity index (χ4v) is 1.72. The van der Waals surface area contributed by atoms with Crippen molar-refractivity contribution in [3.05, 3.63) is 35.9 Å². The Morgan fingerprint density at radius 2 is 2.09 bits per heavy atom. The number of halogens is 2. The summed E-state index contributed by atoms with van der Waals surface area (Å²) in [6, 6.07) is 4.07. The van der Waals surface area contributed by atoms with Gasteiger partial charge in [0.2, 0.25) is 5.88 Å². The van der Waals surface area contributed by atoms with Crippen molar-refractivity contribution in [2.75, 3.05) is 26.9 Å². The molecule has 2 aromatic rings. The van der Waals surface area contributed by atoms with Crippen molar-refractivity contribution in [3.63, 3.8) is 0 Å². The van der Waals surface area contributed by atoms with Gasteiger partial charge in [0, 0.05) is 24.8 Å². The van der Waals surface area contributed by atoms with Crippen LogP contribution in [0.25, 0.3) is 11.3 Å². The summed E-state index contributed by atoms with van der Waals surface area (Å²) in [5.41, 5.74) is -0.121. The number of hydrogen-bond acceptors (Lipinski definition) is 6. The predicted octanol–water partition coefficient (Wildman–Crippen LogP) is 1.63. The van der Waals surface area contributed by atoms with Gasteiger partial charge in [0.25, 0.3) is 0 Å². The molecule has 0 aliphatic carbocycles. The van der Waals surface area contributed by atoms with E-state index in [1.54, 1.807) is 0 Å². The summed E-state index contributed by atoms with van der Waals surface area (Å²) in [5.74, 6) is -2.38. The van der Waals surface area contributed by atoms with Gasteiger partial charge in [-0.3, -0.25) is 0 Å². The van der Waals surface area contributed by atoms with Crippen LogP contribution in [-0.2, 0) is 14.3 Å². The van der Waals surface area contributed by atoms with E-state index in [-0.39, 0.29) is 30.4 Å². The third-order valence-corrected chi connectivity index (χ3v) is 2.76. The first-order chi connectivity index (χ1) is 11.0. The number of hydrogen-bond donors (Lipinski definition) is 1. The number of carbonyl (C=O) groups is 1. The van der Waals surface area contributed by atoms with Crippen molar-refractivity contribution < 1.29 is 33.0 Å². The van der Waals surface area contributed by atoms with Gasteiger partial charge in [-0.1, -0.05) is 9.94 Å². The topological polar surface area (TPSA) is 82.8 Å². The highest BCUT2D eigenvalue weighted by molar-refractivity contribution is 5.71. The van der Waals surface area contributed by atoms with E-state index in [9.17, 15) is 18.8 Å². The zero-order valence-electron chi connectivity index (χ0n) is 12.2. The maximum atomic E-state index is 13.7. The Morgan fingerprint density at radius 1 is 1.30 bits per heavy atom. The van der Waals surface area contributed by atoms with Crippen molar-refractivity contribution in [1.29, 1.82) is 0 Å². The van der Waals surface area contributed by atoms with E-state index in [1.165, 1.54) is 13.2 Å². The van der Waals surface area contributed by atoms with Crippen LogP contribution < -0.4 is 4.74 Å². The maximum Gasteiger partial charge on any atom is 0.344 e. The second-order valence-corrected chi connectivity index (χ2v) is 4.38. The zero-order valence-corrected chi connectivity index (χ0v) is 12.2. The fourth-order valence-electron chi connectivity index (χ4n) is 1.72. The number of nitrogens with zero attached hydrogens (tertiary/aromatic N) is 2. The van der Waals surface area contributed by atoms with Gasteiger partial charge in [0.05, 0.1) is 6.61 Å². The lowest BCUT2D eigenvalue weighted by atomic mass is 10.1. The average molecular weight is 328 g/mol. The van der Waals surface area contributed by atoms with Crippen LogP contribution in [0.15, 0.2) is 24.3 Å². The number of carbonyl (C=O) groups excluding carboxylic acids is 1. The molecule has 7 nitrogen and oxygen atoms in total. The summed E-state index contributed by atoms with van der Waals surface area (Å²) in [7, 11) is 1.47. The molecule has 2 rings (SSSR count). The number of ether oxygens (including phenoxy) is 3. The Balaban J connectivity index is 2.02. The second-order valence-electron chi connectivity index (χ2n) is 4.38. The van der Waals surface area contributed by atoms with Crippen molar-refractivity contribution in [1.82, 2.24) is 9.94 Å². The molecule has 0 unspecified atom stereocenters. The van der Waals surface area contributed by atoms with Gasteiger partial charge in [-0.05, 0) is 12.1 Å². The van der Waals surface area contributed by atoms with Crippen molar-refractivity contribution >= 4 is 5.97 Å². The lowest BCUT2D eigenvalue weighted by molar-refractivity contribution is -0.147. The van der Waals surface area contributed by atoms with Crippen molar-refractivity contribution in [3.8, 4) is 17.1 Å². The molecular weight excluding hydrogens is 314 g/mol. The van der Waals surface area contributed by atoms with E-state index in [4.69, 9.17) is 14.2 Å². The number of aromatic nitrogens is 2. The smallest absolute Gasteiger partial charge is 0.344 e. The van der Waals surface area contributed by atoms with Gasteiger partial charge in [-0.2, -0.15) is 0 Å². The van der Waals surface area contributed by atoms with Gasteiger partial charge >= 0.3 is 5.97 Å². The first-order valence-corrected chi connectivity index (χ1v) is 6.53. The molecule has 23 heavy (non-hydrogen) atoms. The van der Waals surface area contributed by atoms with E-state index < -0.39 is 24.2 Å². The second kappa shape index (κ2) is 7.54. The summed E-state index contributed by atoms with van der Waals surface area (Å²) in [6.07, 6.45) is 0. The molecule has 0 saturated heterocycles. The SMILES string of the molecule is COCCOC(=O)COc1cc(-c2ccc(F)cc2F)n(O)n1. The summed E-state index contributed by atoms with van der Waals surface area (Å²) in [6.45, 7) is -0.101. The lowest BCUT2D eigenvalue weighted by Crippen LogP contribution is -2.17. The third-order valence-electron chi connectivity index (χ3n) is 2.76. The summed E-state index contributed by atoms with van der Waals surface area (Å²) >= 11 is 0. The van der Waals surface area contributed by atoms with Crippen molar-refractivity contribution in [2.45, 2.75) is 0 Å². The number of methoxy groups -OCH3 is 1. The van der Waals surface area contributed by atoms with E-state index >= 15 is 0 Å². The average Bonchev–Trinajstić information content (AvgIpc) is 2.86. The van der Waals surface area contributed by atoms with Crippen LogP contribution in [-0.4, -0.2) is 48.1 Å². The largest absolute Gasteiger partial charge is 0.464 e. The summed E-state index contributed by atoms with van der Waals surface area (Å²) in [4.78, 5) is 11.7. The van der Waals surface area contributed by atoms with E-state index in [0.717, 1.165) is 12.1 Å². The van der Waals surface area contributed by atoms with Crippen LogP contribution in [0.5, 0.6) is 5.88 Å². The van der Waals surface area contributed by atoms with E-state index in [2.05, 4.69) is 5.10 Å². The molecule has 124 valence electrons. The molecule has 0 bridgehead atoms. The molecule has 0 aliphatic heterocycles. The van der Waals surface area contributed by atoms with Crippen LogP contribution in [0.1, 0.15) is 0 Å². The quantitative estimate of drug-likeness (QED) is 0.473. The maximum absolute atomic E-state index is 13.7. The molecule has 0 atom stereocenters. The van der Waals surface area contributed by atoms with Gasteiger partial charge in [0.15, 0.2) is 6.61 Å². The van der Waals surface area contributed by atoms with Crippen LogP contribution >= 0.6 is 0 Å². The standard InChI is InChI=1S/C14H14F2N2O5/c1-21-4-5-22-14(19)8-23-13-7-12(18(20)17-13)10-3-2-9(15)6-11(10)16/h2-3,6-7,20H,4-5,8H2,1H3. The first-order valence-electron chi connectivity index (χ1n) is 6.53. The van der Waals surface area contributed by atoms with Crippen LogP contribution in [0.4, 0.5) is 8.78 Å². The molecule has 1 N–H and O–H groups in total. The molecule has 1 heterocycles. The predicted molar refractivity (Wildman–Crippen MR) is 73.1 cm³/mol. The van der Waals surface area contributed by atoms with Crippen LogP contribution in [0.3, 0.4) is 0 Å². The highest BCUT2D eigenvalue weighted by atomic mass is 19.1. The molecule has 0 saturated carbocycles. The van der Waals surface area contributed by atoms with E-state index in [0.29, 0.717) is 10.9 Å². The highest BCUT2D eigenvalue weighted by Gasteiger charge is 2.16. The summed E-state index contributed by atoms with van der Waals surface area (Å²) in [5, 5.41) is 13.2. The van der Waals surface area contributed by atoms with Crippen molar-refractivity contribution in [2.24, 2.45) is 0 Å². The third kappa shape index (κ3) is 4.39. The number of esters is 1. The van der Waals surface area contributed by atoms with Gasteiger partial charge in [-0.25, -0.2) is 13.6 Å². The number of rotatable bonds is 7. The first kappa shape index (κ1) is 16.7. The molecule has 0 spiro atoms. The fraction of sp³-hybridized carbons (Fsp3) is 0.286. The summed E-state index contributed by atoms with van der Waals surface area (Å²) < 4.78 is 41.1. The Bertz CT molecular complexity index is 690. The Kier molecular flexibility index (Phi) is 5.47. The van der Waals surface area contributed by atoms with Crippen LogP contribution in [0.2, 0.25) is 0 Å². The van der Waals surface area contributed by atoms with Crippen LogP contribution in [0, 0.1) is 11.6 Å². The van der Waals surface area contributed by atoms with E-state index in [1.807, 2.05) is 0 Å². The van der Waals surface area contributed by atoms with Gasteiger partial charge in [0.1, 0.15) is 23.9 Å². The molecule has 0 aliphatic rings. The molecule has 1 aromatic heterocycles. The minimum absolute atomic E-state index is 0.0507. The lowest BCUT2D eigenvalue weighted by Gasteiger charge is -2.03. The molecule has 1 aromatic carbocycles. The Morgan fingerprint density at radius 3 is 2.78 bits per heavy atom. The highest BCUT2D eigenvalue weighted by Crippen LogP contribution is 2.26. The Hall–Kier alpha value is -2.68. The molecule has 0 radical (unpaired) electrons. The minimum atomic E-state index is -0.870. The normalized spacial score (nSPS) is 10.6. The molecule has 0 amide bonds. The monoisotopic (exact) mass is 328 g/mol. The minimum Gasteiger partial charge on any atom is -0.464 e. The van der Waals surface area contributed by atoms with Gasteiger partial charge in [-0.15, -0.1) is 0 Å². The molecule has 0 fully saturated rings. The Labute approximate surface area is 130 Å². The number of benzene rings is 1. The zero-order chi connectivity index (χ0) is 16.8. The molecule has 9 heteroatoms. The van der Waals surface area contributed by atoms with Gasteiger partial charge < -0.3 is 19.4 Å². The molecular formula is C14H14F2N2O5.